The van der Waals surface area contributed by atoms with Crippen molar-refractivity contribution in [2.24, 2.45) is 0 Å². The Kier molecular flexibility index (Phi) is 6.28. The molecule has 21 heteroatoms. The van der Waals surface area contributed by atoms with Gasteiger partial charge in [-0.15, -0.1) is 0 Å². The van der Waals surface area contributed by atoms with Crippen LogP contribution in [0.25, 0.3) is 0 Å². The summed E-state index contributed by atoms with van der Waals surface area (Å²) in [6.07, 6.45) is -38.8. The molecule has 2 aliphatic heterocycles. The van der Waals surface area contributed by atoms with E-state index in [2.05, 4.69) is 8.85 Å². The van der Waals surface area contributed by atoms with Gasteiger partial charge in [0.2, 0.25) is 0 Å². The summed E-state index contributed by atoms with van der Waals surface area (Å²) < 4.78 is 258. The molecule has 0 saturated heterocycles. The van der Waals surface area contributed by atoms with E-state index in [0.29, 0.717) is 0 Å². The van der Waals surface area contributed by atoms with Gasteiger partial charge >= 0.3 is 45.6 Å². The molecule has 41 heavy (non-hydrogen) atoms. The molecule has 0 amide bonds. The Hall–Kier alpha value is -2.68. The highest BCUT2D eigenvalue weighted by Crippen LogP contribution is 2.63. The van der Waals surface area contributed by atoms with Crippen molar-refractivity contribution in [1.29, 1.82) is 0 Å². The fourth-order valence-corrected chi connectivity index (χ4v) is 8.93. The SMILES string of the molecule is FC(F)(F)c1ccc2c(c1)[Si]1(OC2(C(F)(F)F)C(F)(F)F)OC(C(F)(F)F)(C(F)(F)F)c2ccc(C(F)(F)F)cc21. The third kappa shape index (κ3) is 4.04. The van der Waals surface area contributed by atoms with Crippen LogP contribution in [0.3, 0.4) is 0 Å². The normalized spacial score (nSPS) is 20.3. The predicted molar refractivity (Wildman–Crippen MR) is 97.7 cm³/mol. The molecule has 0 N–H and O–H groups in total. The molecule has 2 heterocycles. The van der Waals surface area contributed by atoms with Gasteiger partial charge in [0.15, 0.2) is 0 Å². The van der Waals surface area contributed by atoms with Gasteiger partial charge in [-0.3, -0.25) is 0 Å². The van der Waals surface area contributed by atoms with Crippen molar-refractivity contribution in [3.8, 4) is 0 Å². The monoisotopic (exact) mass is 648 g/mol. The largest absolute Gasteiger partial charge is 0.429 e. The molecule has 0 aromatic heterocycles. The lowest BCUT2D eigenvalue weighted by Gasteiger charge is -2.38. The molecule has 2 aliphatic rings. The minimum atomic E-state index is -7.12. The number of rotatable bonds is 0. The molecule has 0 fully saturated rings. The molecule has 0 atom stereocenters. The fraction of sp³-hybridized carbons (Fsp3) is 0.400. The smallest absolute Gasteiger partial charge is 0.362 e. The number of benzene rings is 2. The van der Waals surface area contributed by atoms with Gasteiger partial charge in [0.1, 0.15) is 0 Å². The minimum Gasteiger partial charge on any atom is -0.362 e. The number of hydrogen-bond donors (Lipinski definition) is 0. The Morgan fingerprint density at radius 3 is 0.927 bits per heavy atom. The minimum absolute atomic E-state index is 0.398. The third-order valence-corrected chi connectivity index (χ3v) is 9.78. The summed E-state index contributed by atoms with van der Waals surface area (Å²) in [6, 6.07) is -3.20. The van der Waals surface area contributed by atoms with Crippen LogP contribution in [0.15, 0.2) is 36.4 Å². The summed E-state index contributed by atoms with van der Waals surface area (Å²) >= 11 is 0. The van der Waals surface area contributed by atoms with Crippen molar-refractivity contribution >= 4 is 18.9 Å². The van der Waals surface area contributed by atoms with E-state index in [1.807, 2.05) is 0 Å². The Morgan fingerprint density at radius 1 is 0.439 bits per heavy atom. The average molecular weight is 648 g/mol. The van der Waals surface area contributed by atoms with Gasteiger partial charge in [0.05, 0.1) is 11.1 Å². The van der Waals surface area contributed by atoms with E-state index in [4.69, 9.17) is 0 Å². The van der Waals surface area contributed by atoms with Crippen LogP contribution in [-0.2, 0) is 32.4 Å². The molecular weight excluding hydrogens is 642 g/mol. The van der Waals surface area contributed by atoms with Crippen molar-refractivity contribution in [2.75, 3.05) is 0 Å². The lowest BCUT2D eigenvalue weighted by molar-refractivity contribution is -0.381. The second-order valence-electron chi connectivity index (χ2n) is 8.69. The number of alkyl halides is 18. The number of halogens is 18. The van der Waals surface area contributed by atoms with Gasteiger partial charge in [-0.05, 0) is 24.3 Å². The van der Waals surface area contributed by atoms with Crippen molar-refractivity contribution in [2.45, 2.75) is 48.3 Å². The summed E-state index contributed by atoms with van der Waals surface area (Å²) in [5, 5.41) is -4.42. The van der Waals surface area contributed by atoms with Gasteiger partial charge in [-0.25, -0.2) is 0 Å². The van der Waals surface area contributed by atoms with E-state index in [-0.39, 0.29) is 0 Å². The third-order valence-electron chi connectivity index (χ3n) is 6.35. The van der Waals surface area contributed by atoms with Crippen LogP contribution in [0, 0.1) is 0 Å². The van der Waals surface area contributed by atoms with Crippen LogP contribution in [0.1, 0.15) is 22.3 Å². The molecule has 0 bridgehead atoms. The Balaban J connectivity index is 2.28. The number of fused-ring (bicyclic) bond motifs is 4. The summed E-state index contributed by atoms with van der Waals surface area (Å²) in [6.45, 7) is 0. The van der Waals surface area contributed by atoms with Gasteiger partial charge < -0.3 is 8.85 Å². The Labute approximate surface area is 214 Å². The van der Waals surface area contributed by atoms with E-state index in [1.165, 1.54) is 0 Å². The first-order chi connectivity index (χ1) is 18.1. The van der Waals surface area contributed by atoms with E-state index in [9.17, 15) is 79.0 Å². The maximum absolute atomic E-state index is 14.1. The summed E-state index contributed by atoms with van der Waals surface area (Å²) in [7, 11) is -7.12. The van der Waals surface area contributed by atoms with Gasteiger partial charge in [-0.1, -0.05) is 12.1 Å². The second-order valence-corrected chi connectivity index (χ2v) is 11.4. The molecule has 0 saturated carbocycles. The molecule has 2 aromatic rings. The highest BCUT2D eigenvalue weighted by atomic mass is 28.4. The quantitative estimate of drug-likeness (QED) is 0.227. The highest BCUT2D eigenvalue weighted by Gasteiger charge is 2.87. The first-order valence-corrected chi connectivity index (χ1v) is 12.0. The van der Waals surface area contributed by atoms with E-state index in [1.54, 1.807) is 0 Å². The zero-order valence-corrected chi connectivity index (χ0v) is 19.6. The first kappa shape index (κ1) is 31.3. The van der Waals surface area contributed by atoms with Crippen LogP contribution in [-0.4, -0.2) is 33.3 Å². The molecule has 0 unspecified atom stereocenters. The van der Waals surface area contributed by atoms with Crippen molar-refractivity contribution in [3.05, 3.63) is 58.7 Å². The van der Waals surface area contributed by atoms with Crippen LogP contribution >= 0.6 is 0 Å². The van der Waals surface area contributed by atoms with Gasteiger partial charge in [-0.2, -0.15) is 79.0 Å². The van der Waals surface area contributed by atoms with Gasteiger partial charge in [0, 0.05) is 21.5 Å². The lowest BCUT2D eigenvalue weighted by Crippen LogP contribution is -2.64. The average Bonchev–Trinajstić information content (AvgIpc) is 3.23. The second kappa shape index (κ2) is 8.23. The van der Waals surface area contributed by atoms with Crippen molar-refractivity contribution in [1.82, 2.24) is 0 Å². The van der Waals surface area contributed by atoms with Gasteiger partial charge in [0.25, 0.3) is 11.2 Å². The maximum atomic E-state index is 14.1. The molecule has 0 aliphatic carbocycles. The van der Waals surface area contributed by atoms with Crippen LogP contribution in [0.2, 0.25) is 0 Å². The number of hydrogen-bond acceptors (Lipinski definition) is 2. The Morgan fingerprint density at radius 2 is 0.707 bits per heavy atom. The van der Waals surface area contributed by atoms with Crippen molar-refractivity contribution in [3.63, 3.8) is 0 Å². The Bertz CT molecular complexity index is 1240. The molecular formula is C20H6F18O2Si. The standard InChI is InChI=1S/C20H6F18O2Si/c21-15(22,23)7-1-3-9-11(5-7)41(39-13(9,17(27,28)29)18(30,31)32)12-6-8(16(24,25)26)2-4-10(12)14(40-41,19(33,34)35)20(36,37)38/h1-6H. The van der Waals surface area contributed by atoms with Crippen LogP contribution < -0.4 is 10.4 Å². The highest BCUT2D eigenvalue weighted by molar-refractivity contribution is 6.95. The molecule has 2 nitrogen and oxygen atoms in total. The summed E-state index contributed by atoms with van der Waals surface area (Å²) in [4.78, 5) is 0. The fourth-order valence-electron chi connectivity index (χ4n) is 4.69. The zero-order chi connectivity index (χ0) is 31.6. The van der Waals surface area contributed by atoms with E-state index >= 15 is 0 Å². The van der Waals surface area contributed by atoms with Crippen LogP contribution in [0.4, 0.5) is 79.0 Å². The van der Waals surface area contributed by atoms with Crippen molar-refractivity contribution < 1.29 is 87.9 Å². The lowest BCUT2D eigenvalue weighted by atomic mass is 9.91. The first-order valence-electron chi connectivity index (χ1n) is 10.2. The van der Waals surface area contributed by atoms with Crippen LogP contribution in [0.5, 0.6) is 0 Å². The summed E-state index contributed by atoms with van der Waals surface area (Å²) in [5.41, 5.74) is -21.1. The molecule has 0 radical (unpaired) electrons. The van der Waals surface area contributed by atoms with E-state index < -0.39 is 126 Å². The molecule has 1 spiro atoms. The molecule has 228 valence electrons. The maximum Gasteiger partial charge on any atom is 0.429 e. The molecule has 2 aromatic carbocycles. The molecule has 4 rings (SSSR count). The predicted octanol–water partition coefficient (Wildman–Crippen LogP) is 6.98. The zero-order valence-electron chi connectivity index (χ0n) is 18.6. The topological polar surface area (TPSA) is 18.5 Å². The summed E-state index contributed by atoms with van der Waals surface area (Å²) in [5.74, 6) is 0. The van der Waals surface area contributed by atoms with E-state index in [0.717, 1.165) is 0 Å².